The summed E-state index contributed by atoms with van der Waals surface area (Å²) < 4.78 is 0. The second kappa shape index (κ2) is 5.10. The first kappa shape index (κ1) is 11.2. The predicted molar refractivity (Wildman–Crippen MR) is 61.8 cm³/mol. The van der Waals surface area contributed by atoms with Gasteiger partial charge >= 0.3 is 0 Å². The first-order valence-corrected chi connectivity index (χ1v) is 4.96. The number of hydrogen-bond acceptors (Lipinski definition) is 3. The number of benzene rings is 1. The summed E-state index contributed by atoms with van der Waals surface area (Å²) in [4.78, 5) is 4.19. The number of nitrogens with zero attached hydrogens (tertiary/aromatic N) is 1. The highest BCUT2D eigenvalue weighted by atomic mass is 35.5. The van der Waals surface area contributed by atoms with Gasteiger partial charge < -0.3 is 5.73 Å². The predicted octanol–water partition coefficient (Wildman–Crippen LogP) is 2.61. The van der Waals surface area contributed by atoms with Crippen LogP contribution in [0.25, 0.3) is 0 Å². The van der Waals surface area contributed by atoms with Crippen LogP contribution < -0.4 is 5.73 Å². The molecule has 0 saturated heterocycles. The molecule has 2 aromatic rings. The Bertz CT molecular complexity index is 361. The van der Waals surface area contributed by atoms with Crippen molar-refractivity contribution in [1.29, 1.82) is 0 Å². The number of aromatic nitrogens is 1. The highest BCUT2D eigenvalue weighted by Gasteiger charge is 2.09. The quantitative estimate of drug-likeness (QED) is 0.855. The summed E-state index contributed by atoms with van der Waals surface area (Å²) in [6.07, 6.45) is 1.78. The molecule has 0 amide bonds. The molecule has 74 valence electrons. The maximum absolute atomic E-state index is 6.01. The second-order valence-corrected chi connectivity index (χ2v) is 3.68. The summed E-state index contributed by atoms with van der Waals surface area (Å²) in [7, 11) is 0. The molecule has 14 heavy (non-hydrogen) atoms. The number of hydrogen-bond donors (Lipinski definition) is 1. The fraction of sp³-hybridized carbons (Fsp3) is 0.100. The smallest absolute Gasteiger partial charge is 0.114 e. The SMILES string of the molecule is Cl.NC(c1ccccc1)c1nccs1. The molecule has 1 unspecified atom stereocenters. The van der Waals surface area contributed by atoms with E-state index in [1.165, 1.54) is 0 Å². The van der Waals surface area contributed by atoms with Gasteiger partial charge in [-0.1, -0.05) is 30.3 Å². The fourth-order valence-corrected chi connectivity index (χ4v) is 1.86. The van der Waals surface area contributed by atoms with Crippen molar-refractivity contribution in [1.82, 2.24) is 4.98 Å². The summed E-state index contributed by atoms with van der Waals surface area (Å²) in [5.74, 6) is 0. The van der Waals surface area contributed by atoms with Crippen LogP contribution in [0.5, 0.6) is 0 Å². The van der Waals surface area contributed by atoms with E-state index in [-0.39, 0.29) is 18.4 Å². The Morgan fingerprint density at radius 3 is 2.50 bits per heavy atom. The molecule has 1 aromatic heterocycles. The monoisotopic (exact) mass is 226 g/mol. The molecule has 0 aliphatic carbocycles. The van der Waals surface area contributed by atoms with Crippen molar-refractivity contribution in [3.8, 4) is 0 Å². The van der Waals surface area contributed by atoms with Crippen LogP contribution in [0.2, 0.25) is 0 Å². The van der Waals surface area contributed by atoms with E-state index in [0.29, 0.717) is 0 Å². The minimum atomic E-state index is -0.0822. The van der Waals surface area contributed by atoms with Gasteiger partial charge in [0.1, 0.15) is 5.01 Å². The fourth-order valence-electron chi connectivity index (χ4n) is 1.19. The molecule has 2 N–H and O–H groups in total. The summed E-state index contributed by atoms with van der Waals surface area (Å²) >= 11 is 1.59. The van der Waals surface area contributed by atoms with Gasteiger partial charge in [0.15, 0.2) is 0 Å². The Balaban J connectivity index is 0.000000980. The van der Waals surface area contributed by atoms with Crippen molar-refractivity contribution in [3.05, 3.63) is 52.5 Å². The number of halogens is 1. The molecule has 1 heterocycles. The molecule has 0 fully saturated rings. The van der Waals surface area contributed by atoms with Gasteiger partial charge in [-0.15, -0.1) is 23.7 Å². The average Bonchev–Trinajstić information content (AvgIpc) is 2.71. The Morgan fingerprint density at radius 2 is 1.93 bits per heavy atom. The molecule has 0 spiro atoms. The van der Waals surface area contributed by atoms with E-state index in [1.807, 2.05) is 35.7 Å². The lowest BCUT2D eigenvalue weighted by Gasteiger charge is -2.07. The van der Waals surface area contributed by atoms with E-state index < -0.39 is 0 Å². The minimum Gasteiger partial charge on any atom is -0.318 e. The molecule has 0 aliphatic rings. The minimum absolute atomic E-state index is 0. The topological polar surface area (TPSA) is 38.9 Å². The normalized spacial score (nSPS) is 11.8. The first-order valence-electron chi connectivity index (χ1n) is 4.08. The Labute approximate surface area is 93.2 Å². The van der Waals surface area contributed by atoms with Gasteiger partial charge in [0.25, 0.3) is 0 Å². The lowest BCUT2D eigenvalue weighted by Crippen LogP contribution is -2.10. The summed E-state index contributed by atoms with van der Waals surface area (Å²) in [5, 5.41) is 2.91. The zero-order valence-corrected chi connectivity index (χ0v) is 9.09. The van der Waals surface area contributed by atoms with Crippen LogP contribution in [0, 0.1) is 0 Å². The van der Waals surface area contributed by atoms with Gasteiger partial charge in [0, 0.05) is 11.6 Å². The number of rotatable bonds is 2. The Morgan fingerprint density at radius 1 is 1.21 bits per heavy atom. The summed E-state index contributed by atoms with van der Waals surface area (Å²) in [6, 6.07) is 9.92. The second-order valence-electron chi connectivity index (χ2n) is 2.76. The van der Waals surface area contributed by atoms with Crippen LogP contribution in [0.3, 0.4) is 0 Å². The van der Waals surface area contributed by atoms with Crippen molar-refractivity contribution in [2.24, 2.45) is 5.73 Å². The lowest BCUT2D eigenvalue weighted by atomic mass is 10.1. The van der Waals surface area contributed by atoms with E-state index in [2.05, 4.69) is 4.98 Å². The van der Waals surface area contributed by atoms with Gasteiger partial charge in [0.05, 0.1) is 6.04 Å². The van der Waals surface area contributed by atoms with E-state index in [9.17, 15) is 0 Å². The molecular formula is C10H11ClN2S. The molecular weight excluding hydrogens is 216 g/mol. The average molecular weight is 227 g/mol. The standard InChI is InChI=1S/C10H10N2S.ClH/c11-9(10-12-6-7-13-10)8-4-2-1-3-5-8;/h1-7,9H,11H2;1H. The molecule has 0 aliphatic heterocycles. The number of thiazole rings is 1. The maximum Gasteiger partial charge on any atom is 0.114 e. The maximum atomic E-state index is 6.01. The highest BCUT2D eigenvalue weighted by Crippen LogP contribution is 2.20. The first-order chi connectivity index (χ1) is 6.38. The van der Waals surface area contributed by atoms with Gasteiger partial charge in [-0.2, -0.15) is 0 Å². The largest absolute Gasteiger partial charge is 0.318 e. The summed E-state index contributed by atoms with van der Waals surface area (Å²) in [5.41, 5.74) is 7.12. The van der Waals surface area contributed by atoms with Crippen LogP contribution in [0.1, 0.15) is 16.6 Å². The van der Waals surface area contributed by atoms with Crippen molar-refractivity contribution in [2.75, 3.05) is 0 Å². The van der Waals surface area contributed by atoms with Gasteiger partial charge in [-0.3, -0.25) is 0 Å². The van der Waals surface area contributed by atoms with Gasteiger partial charge in [-0.25, -0.2) is 4.98 Å². The molecule has 2 nitrogen and oxygen atoms in total. The number of nitrogens with two attached hydrogens (primary N) is 1. The Kier molecular flexibility index (Phi) is 4.07. The van der Waals surface area contributed by atoms with Crippen molar-refractivity contribution < 1.29 is 0 Å². The molecule has 1 aromatic carbocycles. The van der Waals surface area contributed by atoms with Crippen LogP contribution in [0.15, 0.2) is 41.9 Å². The summed E-state index contributed by atoms with van der Waals surface area (Å²) in [6.45, 7) is 0. The van der Waals surface area contributed by atoms with E-state index in [4.69, 9.17) is 5.73 Å². The zero-order chi connectivity index (χ0) is 9.10. The van der Waals surface area contributed by atoms with Crippen LogP contribution in [-0.4, -0.2) is 4.98 Å². The highest BCUT2D eigenvalue weighted by molar-refractivity contribution is 7.09. The molecule has 0 saturated carbocycles. The van der Waals surface area contributed by atoms with Crippen molar-refractivity contribution >= 4 is 23.7 Å². The van der Waals surface area contributed by atoms with Crippen LogP contribution in [-0.2, 0) is 0 Å². The molecule has 1 atom stereocenters. The third kappa shape index (κ3) is 2.32. The lowest BCUT2D eigenvalue weighted by molar-refractivity contribution is 0.858. The van der Waals surface area contributed by atoms with Gasteiger partial charge in [-0.05, 0) is 5.56 Å². The van der Waals surface area contributed by atoms with Crippen molar-refractivity contribution in [3.63, 3.8) is 0 Å². The van der Waals surface area contributed by atoms with Crippen LogP contribution in [0.4, 0.5) is 0 Å². The van der Waals surface area contributed by atoms with E-state index >= 15 is 0 Å². The third-order valence-electron chi connectivity index (χ3n) is 1.88. The van der Waals surface area contributed by atoms with E-state index in [0.717, 1.165) is 10.6 Å². The van der Waals surface area contributed by atoms with Crippen molar-refractivity contribution in [2.45, 2.75) is 6.04 Å². The molecule has 0 radical (unpaired) electrons. The molecule has 2 rings (SSSR count). The van der Waals surface area contributed by atoms with Crippen LogP contribution >= 0.6 is 23.7 Å². The third-order valence-corrected chi connectivity index (χ3v) is 2.73. The Hall–Kier alpha value is -0.900. The van der Waals surface area contributed by atoms with Gasteiger partial charge in [0.2, 0.25) is 0 Å². The molecule has 0 bridgehead atoms. The van der Waals surface area contributed by atoms with E-state index in [1.54, 1.807) is 17.5 Å². The molecule has 4 heteroatoms. The zero-order valence-electron chi connectivity index (χ0n) is 7.46.